The van der Waals surface area contributed by atoms with E-state index in [2.05, 4.69) is 24.5 Å². The summed E-state index contributed by atoms with van der Waals surface area (Å²) < 4.78 is 11.2. The van der Waals surface area contributed by atoms with Gasteiger partial charge in [0, 0.05) is 39.0 Å². The molecule has 23 heavy (non-hydrogen) atoms. The van der Waals surface area contributed by atoms with E-state index in [9.17, 15) is 0 Å². The average Bonchev–Trinajstić information content (AvgIpc) is 2.57. The molecule has 1 saturated carbocycles. The topological polar surface area (TPSA) is 54.9 Å². The Kier molecular flexibility index (Phi) is 8.76. The fourth-order valence-corrected chi connectivity index (χ4v) is 3.27. The summed E-state index contributed by atoms with van der Waals surface area (Å²) in [7, 11) is 0. The van der Waals surface area contributed by atoms with Gasteiger partial charge < -0.3 is 20.1 Å². The minimum atomic E-state index is 0.392. The van der Waals surface area contributed by atoms with E-state index in [0.717, 1.165) is 64.1 Å². The lowest BCUT2D eigenvalue weighted by molar-refractivity contribution is -0.0318. The number of nitrogens with one attached hydrogen (secondary N) is 2. The molecule has 2 aliphatic rings. The van der Waals surface area contributed by atoms with E-state index in [0.29, 0.717) is 12.1 Å². The van der Waals surface area contributed by atoms with Gasteiger partial charge in [-0.3, -0.25) is 4.99 Å². The minimum Gasteiger partial charge on any atom is -0.381 e. The number of nitrogens with zero attached hydrogens (tertiary/aromatic N) is 1. The van der Waals surface area contributed by atoms with Gasteiger partial charge in [-0.25, -0.2) is 0 Å². The highest BCUT2D eigenvalue weighted by Gasteiger charge is 2.18. The summed E-state index contributed by atoms with van der Waals surface area (Å²) in [6, 6.07) is 0.586. The number of aliphatic imine (C=N–C) groups is 1. The Morgan fingerprint density at radius 1 is 1.13 bits per heavy atom. The molecule has 0 spiro atoms. The fourth-order valence-electron chi connectivity index (χ4n) is 3.27. The van der Waals surface area contributed by atoms with Crippen LogP contribution in [-0.2, 0) is 9.47 Å². The summed E-state index contributed by atoms with van der Waals surface area (Å²) in [6.07, 6.45) is 8.63. The zero-order chi connectivity index (χ0) is 16.3. The van der Waals surface area contributed by atoms with Crippen molar-refractivity contribution in [2.24, 2.45) is 10.9 Å². The fraction of sp³-hybridized carbons (Fsp3) is 0.944. The van der Waals surface area contributed by atoms with Crippen molar-refractivity contribution in [2.75, 3.05) is 32.9 Å². The van der Waals surface area contributed by atoms with E-state index >= 15 is 0 Å². The van der Waals surface area contributed by atoms with Gasteiger partial charge in [0.2, 0.25) is 0 Å². The maximum Gasteiger partial charge on any atom is 0.191 e. The largest absolute Gasteiger partial charge is 0.381 e. The Morgan fingerprint density at radius 3 is 2.57 bits per heavy atom. The number of ether oxygens (including phenoxy) is 2. The second-order valence-corrected chi connectivity index (χ2v) is 6.90. The van der Waals surface area contributed by atoms with Crippen molar-refractivity contribution in [3.63, 3.8) is 0 Å². The van der Waals surface area contributed by atoms with Gasteiger partial charge in [0.1, 0.15) is 0 Å². The summed E-state index contributed by atoms with van der Waals surface area (Å²) in [6.45, 7) is 8.70. The van der Waals surface area contributed by atoms with E-state index in [1.54, 1.807) is 0 Å². The van der Waals surface area contributed by atoms with Gasteiger partial charge in [-0.2, -0.15) is 0 Å². The Balaban J connectivity index is 1.62. The molecule has 134 valence electrons. The highest BCUT2D eigenvalue weighted by molar-refractivity contribution is 5.80. The lowest BCUT2D eigenvalue weighted by Gasteiger charge is -2.28. The molecule has 1 aliphatic carbocycles. The highest BCUT2D eigenvalue weighted by atomic mass is 16.5. The smallest absolute Gasteiger partial charge is 0.191 e. The molecule has 0 bridgehead atoms. The van der Waals surface area contributed by atoms with Crippen LogP contribution < -0.4 is 10.6 Å². The molecule has 1 heterocycles. The SMILES string of the molecule is CCNC(=NCCCOC1CCOCC1)NC1CCC(C)CC1. The molecule has 0 unspecified atom stereocenters. The van der Waals surface area contributed by atoms with Crippen LogP contribution in [-0.4, -0.2) is 51.0 Å². The molecule has 0 amide bonds. The molecule has 0 radical (unpaired) electrons. The zero-order valence-electron chi connectivity index (χ0n) is 15.0. The Morgan fingerprint density at radius 2 is 1.87 bits per heavy atom. The van der Waals surface area contributed by atoms with Crippen LogP contribution in [0.2, 0.25) is 0 Å². The molecule has 0 atom stereocenters. The van der Waals surface area contributed by atoms with E-state index in [4.69, 9.17) is 14.5 Å². The van der Waals surface area contributed by atoms with Gasteiger partial charge >= 0.3 is 0 Å². The molecule has 0 aromatic rings. The summed E-state index contributed by atoms with van der Waals surface area (Å²) in [5, 5.41) is 6.96. The van der Waals surface area contributed by atoms with Gasteiger partial charge in [-0.05, 0) is 57.8 Å². The van der Waals surface area contributed by atoms with Crippen molar-refractivity contribution in [2.45, 2.75) is 70.9 Å². The first kappa shape index (κ1) is 18.5. The van der Waals surface area contributed by atoms with Crippen molar-refractivity contribution in [3.8, 4) is 0 Å². The Labute approximate surface area is 141 Å². The second-order valence-electron chi connectivity index (χ2n) is 6.90. The molecular weight excluding hydrogens is 290 g/mol. The Bertz CT molecular complexity index is 335. The number of rotatable bonds is 7. The summed E-state index contributed by atoms with van der Waals surface area (Å²) in [5.41, 5.74) is 0. The molecule has 1 aliphatic heterocycles. The van der Waals surface area contributed by atoms with Gasteiger partial charge in [-0.15, -0.1) is 0 Å². The van der Waals surface area contributed by atoms with Crippen LogP contribution in [0, 0.1) is 5.92 Å². The minimum absolute atomic E-state index is 0.392. The van der Waals surface area contributed by atoms with E-state index < -0.39 is 0 Å². The quantitative estimate of drug-likeness (QED) is 0.429. The van der Waals surface area contributed by atoms with Crippen LogP contribution >= 0.6 is 0 Å². The monoisotopic (exact) mass is 325 g/mol. The van der Waals surface area contributed by atoms with E-state index in [1.807, 2.05) is 0 Å². The predicted molar refractivity (Wildman–Crippen MR) is 94.9 cm³/mol. The average molecular weight is 325 g/mol. The summed E-state index contributed by atoms with van der Waals surface area (Å²) in [4.78, 5) is 4.70. The van der Waals surface area contributed by atoms with Gasteiger partial charge in [0.25, 0.3) is 0 Å². The van der Waals surface area contributed by atoms with Crippen molar-refractivity contribution >= 4 is 5.96 Å². The first-order chi connectivity index (χ1) is 11.3. The van der Waals surface area contributed by atoms with Gasteiger partial charge in [0.05, 0.1) is 6.10 Å². The van der Waals surface area contributed by atoms with Crippen LogP contribution in [0.3, 0.4) is 0 Å². The third kappa shape index (κ3) is 7.53. The van der Waals surface area contributed by atoms with E-state index in [-0.39, 0.29) is 0 Å². The highest BCUT2D eigenvalue weighted by Crippen LogP contribution is 2.23. The number of guanidine groups is 1. The first-order valence-electron chi connectivity index (χ1n) is 9.52. The van der Waals surface area contributed by atoms with Crippen molar-refractivity contribution in [1.29, 1.82) is 0 Å². The van der Waals surface area contributed by atoms with Crippen molar-refractivity contribution in [3.05, 3.63) is 0 Å². The summed E-state index contributed by atoms with van der Waals surface area (Å²) in [5.74, 6) is 1.85. The van der Waals surface area contributed by atoms with E-state index in [1.165, 1.54) is 25.7 Å². The first-order valence-corrected chi connectivity index (χ1v) is 9.52. The third-order valence-electron chi connectivity index (χ3n) is 4.80. The molecule has 0 aromatic carbocycles. The lowest BCUT2D eigenvalue weighted by Crippen LogP contribution is -2.44. The molecule has 2 fully saturated rings. The number of hydrogen-bond donors (Lipinski definition) is 2. The molecule has 1 saturated heterocycles. The molecule has 0 aromatic heterocycles. The van der Waals surface area contributed by atoms with Crippen LogP contribution in [0.5, 0.6) is 0 Å². The van der Waals surface area contributed by atoms with Crippen LogP contribution in [0.15, 0.2) is 4.99 Å². The van der Waals surface area contributed by atoms with Crippen LogP contribution in [0.4, 0.5) is 0 Å². The second kappa shape index (κ2) is 10.9. The van der Waals surface area contributed by atoms with Crippen molar-refractivity contribution < 1.29 is 9.47 Å². The van der Waals surface area contributed by atoms with Crippen LogP contribution in [0.1, 0.15) is 58.8 Å². The zero-order valence-corrected chi connectivity index (χ0v) is 15.0. The van der Waals surface area contributed by atoms with Gasteiger partial charge in [0.15, 0.2) is 5.96 Å². The number of hydrogen-bond acceptors (Lipinski definition) is 3. The molecule has 2 N–H and O–H groups in total. The maximum atomic E-state index is 5.90. The van der Waals surface area contributed by atoms with Crippen molar-refractivity contribution in [1.82, 2.24) is 10.6 Å². The Hall–Kier alpha value is -0.810. The predicted octanol–water partition coefficient (Wildman–Crippen LogP) is 2.71. The van der Waals surface area contributed by atoms with Crippen LogP contribution in [0.25, 0.3) is 0 Å². The summed E-state index contributed by atoms with van der Waals surface area (Å²) >= 11 is 0. The molecule has 2 rings (SSSR count). The maximum absolute atomic E-state index is 5.90. The van der Waals surface area contributed by atoms with Gasteiger partial charge in [-0.1, -0.05) is 6.92 Å². The normalized spacial score (nSPS) is 27.0. The molecule has 5 heteroatoms. The molecular formula is C18H35N3O2. The third-order valence-corrected chi connectivity index (χ3v) is 4.80. The standard InChI is InChI=1S/C18H35N3O2/c1-3-19-18(21-16-7-5-15(2)6-8-16)20-11-4-12-23-17-9-13-22-14-10-17/h15-17H,3-14H2,1-2H3,(H2,19,20,21). The lowest BCUT2D eigenvalue weighted by atomic mass is 9.87. The molecule has 5 nitrogen and oxygen atoms in total.